The van der Waals surface area contributed by atoms with Crippen molar-refractivity contribution >= 4 is 5.78 Å². The standard InChI is InChI=1S/C25H28O4/c1-13(2)6-9-16-15(5)8-11-18-21(16)25(29)22-17(10-7-14(3)4)19(26)12-20(27)23(22)24(18)28/h6-8,11-12,25-27,29H,9-10H2,1-5H3. The number of hydrogen-bond acceptors (Lipinski definition) is 4. The van der Waals surface area contributed by atoms with E-state index in [-0.39, 0.29) is 22.8 Å². The molecule has 0 amide bonds. The number of carbonyl (C=O) groups excluding carboxylic acids is 1. The summed E-state index contributed by atoms with van der Waals surface area (Å²) < 4.78 is 0. The van der Waals surface area contributed by atoms with E-state index in [9.17, 15) is 20.1 Å². The first-order valence-electron chi connectivity index (χ1n) is 9.83. The molecule has 152 valence electrons. The van der Waals surface area contributed by atoms with Crippen molar-refractivity contribution in [3.05, 3.63) is 80.4 Å². The molecule has 1 unspecified atom stereocenters. The van der Waals surface area contributed by atoms with Gasteiger partial charge in [0.15, 0.2) is 5.78 Å². The molecular formula is C25H28O4. The molecule has 4 nitrogen and oxygen atoms in total. The lowest BCUT2D eigenvalue weighted by molar-refractivity contribution is 0.101. The maximum atomic E-state index is 13.3. The Labute approximate surface area is 171 Å². The number of aryl methyl sites for hydroxylation is 1. The van der Waals surface area contributed by atoms with Gasteiger partial charge in [-0.2, -0.15) is 0 Å². The number of allylic oxidation sites excluding steroid dienone is 4. The first-order valence-corrected chi connectivity index (χ1v) is 9.83. The summed E-state index contributed by atoms with van der Waals surface area (Å²) in [5.74, 6) is -0.748. The van der Waals surface area contributed by atoms with Crippen molar-refractivity contribution in [2.75, 3.05) is 0 Å². The number of ketones is 1. The van der Waals surface area contributed by atoms with Crippen molar-refractivity contribution in [2.45, 2.75) is 53.6 Å². The van der Waals surface area contributed by atoms with Gasteiger partial charge in [-0.25, -0.2) is 0 Å². The minimum Gasteiger partial charge on any atom is -0.508 e. The maximum Gasteiger partial charge on any atom is 0.197 e. The van der Waals surface area contributed by atoms with Crippen molar-refractivity contribution in [1.29, 1.82) is 0 Å². The number of aromatic hydroxyl groups is 2. The van der Waals surface area contributed by atoms with Gasteiger partial charge in [-0.05, 0) is 64.2 Å². The average Bonchev–Trinajstić information content (AvgIpc) is 2.63. The van der Waals surface area contributed by atoms with E-state index >= 15 is 0 Å². The quantitative estimate of drug-likeness (QED) is 0.636. The minimum absolute atomic E-state index is 0.0805. The molecule has 0 radical (unpaired) electrons. The number of rotatable bonds is 4. The summed E-state index contributed by atoms with van der Waals surface area (Å²) in [6.45, 7) is 9.87. The smallest absolute Gasteiger partial charge is 0.197 e. The third-order valence-electron chi connectivity index (χ3n) is 5.47. The summed E-state index contributed by atoms with van der Waals surface area (Å²) in [7, 11) is 0. The lowest BCUT2D eigenvalue weighted by Gasteiger charge is -2.30. The van der Waals surface area contributed by atoms with E-state index in [1.54, 1.807) is 6.07 Å². The molecule has 2 aromatic rings. The summed E-state index contributed by atoms with van der Waals surface area (Å²) in [5, 5.41) is 32.3. The highest BCUT2D eigenvalue weighted by molar-refractivity contribution is 6.15. The molecule has 1 aliphatic carbocycles. The lowest BCUT2D eigenvalue weighted by atomic mass is 9.76. The van der Waals surface area contributed by atoms with Crippen LogP contribution in [0.3, 0.4) is 0 Å². The largest absolute Gasteiger partial charge is 0.508 e. The van der Waals surface area contributed by atoms with Crippen molar-refractivity contribution in [3.63, 3.8) is 0 Å². The molecule has 2 aromatic carbocycles. The molecule has 3 rings (SSSR count). The van der Waals surface area contributed by atoms with Crippen LogP contribution < -0.4 is 0 Å². The maximum absolute atomic E-state index is 13.3. The van der Waals surface area contributed by atoms with Gasteiger partial charge in [0.05, 0.1) is 5.56 Å². The normalized spacial score (nSPS) is 14.8. The van der Waals surface area contributed by atoms with Gasteiger partial charge in [-0.15, -0.1) is 0 Å². The van der Waals surface area contributed by atoms with Gasteiger partial charge in [0.25, 0.3) is 0 Å². The molecule has 0 aromatic heterocycles. The second-order valence-electron chi connectivity index (χ2n) is 8.21. The lowest BCUT2D eigenvalue weighted by Crippen LogP contribution is -2.23. The number of phenolic OH excluding ortho intramolecular Hbond substituents is 2. The third-order valence-corrected chi connectivity index (χ3v) is 5.47. The fraction of sp³-hybridized carbons (Fsp3) is 0.320. The van der Waals surface area contributed by atoms with Crippen LogP contribution in [0.4, 0.5) is 0 Å². The molecule has 0 bridgehead atoms. The van der Waals surface area contributed by atoms with Gasteiger partial charge >= 0.3 is 0 Å². The monoisotopic (exact) mass is 392 g/mol. The van der Waals surface area contributed by atoms with Crippen LogP contribution in [-0.4, -0.2) is 21.1 Å². The van der Waals surface area contributed by atoms with Crippen LogP contribution in [0, 0.1) is 6.92 Å². The van der Waals surface area contributed by atoms with E-state index in [4.69, 9.17) is 0 Å². The van der Waals surface area contributed by atoms with Crippen molar-refractivity contribution < 1.29 is 20.1 Å². The molecule has 29 heavy (non-hydrogen) atoms. The van der Waals surface area contributed by atoms with Gasteiger partial charge in [-0.3, -0.25) is 4.79 Å². The fourth-order valence-corrected chi connectivity index (χ4v) is 3.92. The van der Waals surface area contributed by atoms with E-state index in [1.165, 1.54) is 6.07 Å². The number of aliphatic hydroxyl groups excluding tert-OH is 1. The fourth-order valence-electron chi connectivity index (χ4n) is 3.92. The predicted molar refractivity (Wildman–Crippen MR) is 115 cm³/mol. The molecule has 1 atom stereocenters. The highest BCUT2D eigenvalue weighted by Crippen LogP contribution is 2.46. The summed E-state index contributed by atoms with van der Waals surface area (Å²) in [6, 6.07) is 4.79. The molecular weight excluding hydrogens is 364 g/mol. The van der Waals surface area contributed by atoms with Crippen LogP contribution in [0.2, 0.25) is 0 Å². The highest BCUT2D eigenvalue weighted by Gasteiger charge is 2.37. The number of phenols is 2. The Morgan fingerprint density at radius 2 is 1.52 bits per heavy atom. The zero-order valence-electron chi connectivity index (χ0n) is 17.6. The van der Waals surface area contributed by atoms with Crippen LogP contribution in [0.1, 0.15) is 77.5 Å². The number of benzene rings is 2. The topological polar surface area (TPSA) is 77.8 Å². The summed E-state index contributed by atoms with van der Waals surface area (Å²) >= 11 is 0. The predicted octanol–water partition coefficient (Wildman–Crippen LogP) is 5.05. The Morgan fingerprint density at radius 1 is 0.931 bits per heavy atom. The number of aliphatic hydroxyl groups is 1. The first kappa shape index (κ1) is 20.9. The number of fused-ring (bicyclic) bond motifs is 2. The third kappa shape index (κ3) is 3.73. The summed E-state index contributed by atoms with van der Waals surface area (Å²) in [4.78, 5) is 13.3. The highest BCUT2D eigenvalue weighted by atomic mass is 16.3. The Bertz CT molecular complexity index is 1050. The first-order chi connectivity index (χ1) is 13.6. The molecule has 1 aliphatic rings. The van der Waals surface area contributed by atoms with Crippen molar-refractivity contribution in [3.8, 4) is 11.5 Å². The van der Waals surface area contributed by atoms with Gasteiger partial charge in [-0.1, -0.05) is 35.4 Å². The van der Waals surface area contributed by atoms with Gasteiger partial charge in [0.1, 0.15) is 17.6 Å². The van der Waals surface area contributed by atoms with Crippen molar-refractivity contribution in [1.82, 2.24) is 0 Å². The van der Waals surface area contributed by atoms with E-state index in [0.717, 1.165) is 22.3 Å². The molecule has 0 aliphatic heterocycles. The molecule has 0 heterocycles. The zero-order valence-corrected chi connectivity index (χ0v) is 17.6. The SMILES string of the molecule is CC(C)=CCc1c(C)ccc2c1C(O)c1c(CC=C(C)C)c(O)cc(O)c1C2=O. The van der Waals surface area contributed by atoms with Gasteiger partial charge in [0.2, 0.25) is 0 Å². The van der Waals surface area contributed by atoms with Gasteiger partial charge < -0.3 is 15.3 Å². The molecule has 0 saturated carbocycles. The van der Waals surface area contributed by atoms with Crippen LogP contribution in [0.25, 0.3) is 0 Å². The van der Waals surface area contributed by atoms with Crippen LogP contribution in [0.15, 0.2) is 41.5 Å². The van der Waals surface area contributed by atoms with Crippen LogP contribution in [-0.2, 0) is 12.8 Å². The molecule has 3 N–H and O–H groups in total. The molecule has 0 saturated heterocycles. The van der Waals surface area contributed by atoms with E-state index < -0.39 is 6.10 Å². The van der Waals surface area contributed by atoms with E-state index in [0.29, 0.717) is 35.1 Å². The zero-order chi connectivity index (χ0) is 21.5. The van der Waals surface area contributed by atoms with Crippen LogP contribution in [0.5, 0.6) is 11.5 Å². The Hall–Kier alpha value is -2.85. The van der Waals surface area contributed by atoms with Crippen molar-refractivity contribution in [2.24, 2.45) is 0 Å². The number of carbonyl (C=O) groups is 1. The van der Waals surface area contributed by atoms with E-state index in [1.807, 2.05) is 46.8 Å². The van der Waals surface area contributed by atoms with Crippen LogP contribution >= 0.6 is 0 Å². The van der Waals surface area contributed by atoms with Gasteiger partial charge in [0, 0.05) is 22.8 Å². The minimum atomic E-state index is -1.10. The Balaban J connectivity index is 2.30. The Kier molecular flexibility index (Phi) is 5.67. The molecule has 0 spiro atoms. The summed E-state index contributed by atoms with van der Waals surface area (Å²) in [6.07, 6.45) is 3.87. The average molecular weight is 392 g/mol. The second kappa shape index (κ2) is 7.88. The molecule has 4 heteroatoms. The summed E-state index contributed by atoms with van der Waals surface area (Å²) in [5.41, 5.74) is 5.95. The molecule has 0 fully saturated rings. The second-order valence-corrected chi connectivity index (χ2v) is 8.21. The number of hydrogen-bond donors (Lipinski definition) is 3. The van der Waals surface area contributed by atoms with E-state index in [2.05, 4.69) is 6.08 Å². The Morgan fingerprint density at radius 3 is 2.10 bits per heavy atom.